The van der Waals surface area contributed by atoms with Gasteiger partial charge >= 0.3 is 6.09 Å². The molecule has 1 fully saturated rings. The summed E-state index contributed by atoms with van der Waals surface area (Å²) in [5.41, 5.74) is -0.135. The van der Waals surface area contributed by atoms with Gasteiger partial charge in [0.2, 0.25) is 5.91 Å². The molecule has 1 N–H and O–H groups in total. The van der Waals surface area contributed by atoms with Gasteiger partial charge in [-0.2, -0.15) is 0 Å². The standard InChI is InChI=1S/C17H24BrN3O3/c1-11(2)9-24-16(23)21-10-17(3,4)8-12(21)15(22)20-14-7-5-6-13(18)19-14/h5-7,11-12H,8-10H2,1-4H3,(H,19,20,22). The van der Waals surface area contributed by atoms with Gasteiger partial charge in [-0.25, -0.2) is 9.78 Å². The van der Waals surface area contributed by atoms with E-state index in [1.807, 2.05) is 27.7 Å². The van der Waals surface area contributed by atoms with Crippen LogP contribution in [0.4, 0.5) is 10.6 Å². The number of hydrogen-bond acceptors (Lipinski definition) is 4. The summed E-state index contributed by atoms with van der Waals surface area (Å²) >= 11 is 3.28. The molecule has 2 heterocycles. The molecule has 1 unspecified atom stereocenters. The Hall–Kier alpha value is -1.63. The zero-order valence-electron chi connectivity index (χ0n) is 14.5. The molecule has 0 spiro atoms. The van der Waals surface area contributed by atoms with Gasteiger partial charge in [0.05, 0.1) is 6.61 Å². The van der Waals surface area contributed by atoms with Crippen molar-refractivity contribution in [3.8, 4) is 0 Å². The normalized spacial score (nSPS) is 19.4. The van der Waals surface area contributed by atoms with Crippen molar-refractivity contribution in [2.45, 2.75) is 40.2 Å². The number of halogens is 1. The summed E-state index contributed by atoms with van der Waals surface area (Å²) in [6.45, 7) is 8.88. The predicted molar refractivity (Wildman–Crippen MR) is 95.6 cm³/mol. The number of pyridine rings is 1. The van der Waals surface area contributed by atoms with Crippen LogP contribution in [0, 0.1) is 11.3 Å². The lowest BCUT2D eigenvalue weighted by Gasteiger charge is -2.24. The van der Waals surface area contributed by atoms with Crippen molar-refractivity contribution in [2.75, 3.05) is 18.5 Å². The minimum atomic E-state index is -0.555. The topological polar surface area (TPSA) is 71.5 Å². The molecule has 1 aromatic rings. The second-order valence-electron chi connectivity index (χ2n) is 7.32. The van der Waals surface area contributed by atoms with Crippen LogP contribution in [-0.4, -0.2) is 41.1 Å². The Balaban J connectivity index is 2.09. The highest BCUT2D eigenvalue weighted by Gasteiger charge is 2.44. The van der Waals surface area contributed by atoms with Crippen LogP contribution in [0.1, 0.15) is 34.1 Å². The first kappa shape index (κ1) is 18.7. The van der Waals surface area contributed by atoms with Gasteiger partial charge in [-0.1, -0.05) is 33.8 Å². The zero-order chi connectivity index (χ0) is 17.9. The molecule has 132 valence electrons. The average molecular weight is 398 g/mol. The highest BCUT2D eigenvalue weighted by molar-refractivity contribution is 9.10. The van der Waals surface area contributed by atoms with E-state index in [0.29, 0.717) is 30.0 Å². The summed E-state index contributed by atoms with van der Waals surface area (Å²) in [5.74, 6) is 0.463. The van der Waals surface area contributed by atoms with Gasteiger partial charge in [0.25, 0.3) is 0 Å². The lowest BCUT2D eigenvalue weighted by molar-refractivity contribution is -0.120. The molecular formula is C17H24BrN3O3. The summed E-state index contributed by atoms with van der Waals surface area (Å²) in [5, 5.41) is 2.78. The maximum absolute atomic E-state index is 12.7. The van der Waals surface area contributed by atoms with Crippen LogP contribution in [0.2, 0.25) is 0 Å². The summed E-state index contributed by atoms with van der Waals surface area (Å²) < 4.78 is 5.95. The molecule has 2 rings (SSSR count). The number of nitrogens with one attached hydrogen (secondary N) is 1. The van der Waals surface area contributed by atoms with Crippen LogP contribution >= 0.6 is 15.9 Å². The first-order valence-electron chi connectivity index (χ1n) is 8.05. The molecule has 0 aromatic carbocycles. The Morgan fingerprint density at radius 1 is 1.46 bits per heavy atom. The molecule has 1 aliphatic rings. The Kier molecular flexibility index (Phi) is 5.85. The minimum absolute atomic E-state index is 0.135. The van der Waals surface area contributed by atoms with E-state index in [4.69, 9.17) is 4.74 Å². The Bertz CT molecular complexity index is 619. The second kappa shape index (κ2) is 7.51. The van der Waals surface area contributed by atoms with Crippen molar-refractivity contribution in [1.82, 2.24) is 9.88 Å². The smallest absolute Gasteiger partial charge is 0.410 e. The summed E-state index contributed by atoms with van der Waals surface area (Å²) in [4.78, 5) is 30.7. The number of anilines is 1. The number of nitrogens with zero attached hydrogens (tertiary/aromatic N) is 2. The molecule has 0 saturated carbocycles. The maximum Gasteiger partial charge on any atom is 0.410 e. The van der Waals surface area contributed by atoms with E-state index in [1.165, 1.54) is 4.90 Å². The predicted octanol–water partition coefficient (Wildman–Crippen LogP) is 3.68. The number of carbonyl (C=O) groups is 2. The van der Waals surface area contributed by atoms with Gasteiger partial charge in [0.15, 0.2) is 0 Å². The van der Waals surface area contributed by atoms with E-state index < -0.39 is 12.1 Å². The minimum Gasteiger partial charge on any atom is -0.449 e. The van der Waals surface area contributed by atoms with Crippen molar-refractivity contribution in [3.05, 3.63) is 22.8 Å². The monoisotopic (exact) mass is 397 g/mol. The van der Waals surface area contributed by atoms with Gasteiger partial charge in [-0.05, 0) is 45.8 Å². The van der Waals surface area contributed by atoms with Crippen LogP contribution in [0.3, 0.4) is 0 Å². The third-order valence-electron chi connectivity index (χ3n) is 3.76. The lowest BCUT2D eigenvalue weighted by Crippen LogP contribution is -2.43. The average Bonchev–Trinajstić information content (AvgIpc) is 2.81. The zero-order valence-corrected chi connectivity index (χ0v) is 16.1. The van der Waals surface area contributed by atoms with Crippen molar-refractivity contribution in [2.24, 2.45) is 11.3 Å². The molecule has 24 heavy (non-hydrogen) atoms. The first-order valence-corrected chi connectivity index (χ1v) is 8.84. The van der Waals surface area contributed by atoms with Crippen LogP contribution in [0.15, 0.2) is 22.8 Å². The van der Waals surface area contributed by atoms with Gasteiger partial charge in [-0.15, -0.1) is 0 Å². The van der Waals surface area contributed by atoms with E-state index in [2.05, 4.69) is 26.2 Å². The van der Waals surface area contributed by atoms with E-state index >= 15 is 0 Å². The molecule has 7 heteroatoms. The quantitative estimate of drug-likeness (QED) is 0.786. The Morgan fingerprint density at radius 2 is 2.17 bits per heavy atom. The molecule has 1 aromatic heterocycles. The number of likely N-dealkylation sites (tertiary alicyclic amines) is 1. The molecular weight excluding hydrogens is 374 g/mol. The van der Waals surface area contributed by atoms with Gasteiger partial charge in [0.1, 0.15) is 16.5 Å². The van der Waals surface area contributed by atoms with Gasteiger partial charge < -0.3 is 10.1 Å². The number of ether oxygens (including phenoxy) is 1. The molecule has 0 radical (unpaired) electrons. The largest absolute Gasteiger partial charge is 0.449 e. The number of rotatable bonds is 4. The summed E-state index contributed by atoms with van der Waals surface area (Å²) in [7, 11) is 0. The molecule has 1 saturated heterocycles. The molecule has 0 aliphatic carbocycles. The van der Waals surface area contributed by atoms with E-state index in [1.54, 1.807) is 18.2 Å². The second-order valence-corrected chi connectivity index (χ2v) is 8.13. The summed E-state index contributed by atoms with van der Waals surface area (Å²) in [6, 6.07) is 4.73. The maximum atomic E-state index is 12.7. The fraction of sp³-hybridized carbons (Fsp3) is 0.588. The summed E-state index contributed by atoms with van der Waals surface area (Å²) in [6.07, 6.45) is 0.153. The Morgan fingerprint density at radius 3 is 2.79 bits per heavy atom. The van der Waals surface area contributed by atoms with Gasteiger partial charge in [0, 0.05) is 6.54 Å². The lowest BCUT2D eigenvalue weighted by atomic mass is 9.90. The number of aromatic nitrogens is 1. The molecule has 2 amide bonds. The highest BCUT2D eigenvalue weighted by atomic mass is 79.9. The van der Waals surface area contributed by atoms with E-state index in [-0.39, 0.29) is 17.2 Å². The first-order chi connectivity index (χ1) is 11.2. The van der Waals surface area contributed by atoms with Crippen LogP contribution in [0.25, 0.3) is 0 Å². The number of amides is 2. The molecule has 0 bridgehead atoms. The van der Waals surface area contributed by atoms with Crippen LogP contribution in [0.5, 0.6) is 0 Å². The Labute approximate surface area is 151 Å². The van der Waals surface area contributed by atoms with Crippen molar-refractivity contribution >= 4 is 33.7 Å². The third-order valence-corrected chi connectivity index (χ3v) is 4.21. The molecule has 6 nitrogen and oxygen atoms in total. The van der Waals surface area contributed by atoms with Crippen molar-refractivity contribution in [1.29, 1.82) is 0 Å². The van der Waals surface area contributed by atoms with E-state index in [9.17, 15) is 9.59 Å². The van der Waals surface area contributed by atoms with E-state index in [0.717, 1.165) is 0 Å². The van der Waals surface area contributed by atoms with Gasteiger partial charge in [-0.3, -0.25) is 9.69 Å². The fourth-order valence-corrected chi connectivity index (χ4v) is 3.05. The molecule has 1 atom stereocenters. The van der Waals surface area contributed by atoms with Crippen LogP contribution in [-0.2, 0) is 9.53 Å². The third kappa shape index (κ3) is 4.93. The number of hydrogen-bond donors (Lipinski definition) is 1. The fourth-order valence-electron chi connectivity index (χ4n) is 2.70. The SMILES string of the molecule is CC(C)COC(=O)N1CC(C)(C)CC1C(=O)Nc1cccc(Br)n1. The van der Waals surface area contributed by atoms with Crippen LogP contribution < -0.4 is 5.32 Å². The van der Waals surface area contributed by atoms with Crippen molar-refractivity contribution < 1.29 is 14.3 Å². The highest BCUT2D eigenvalue weighted by Crippen LogP contribution is 2.35. The van der Waals surface area contributed by atoms with Crippen molar-refractivity contribution in [3.63, 3.8) is 0 Å². The number of carbonyl (C=O) groups excluding carboxylic acids is 2. The molecule has 1 aliphatic heterocycles.